The summed E-state index contributed by atoms with van der Waals surface area (Å²) in [5, 5.41) is 4.42. The second-order valence-corrected chi connectivity index (χ2v) is 8.95. The zero-order chi connectivity index (χ0) is 22.4. The highest BCUT2D eigenvalue weighted by atomic mass is 32.2. The predicted molar refractivity (Wildman–Crippen MR) is 119 cm³/mol. The van der Waals surface area contributed by atoms with Crippen LogP contribution in [0.25, 0.3) is 10.8 Å². The number of carbonyl (C=O) groups is 2. The third-order valence-corrected chi connectivity index (χ3v) is 6.13. The lowest BCUT2D eigenvalue weighted by molar-refractivity contribution is -0.147. The normalized spacial score (nSPS) is 11.3. The molecule has 0 bridgehead atoms. The van der Waals surface area contributed by atoms with E-state index >= 15 is 0 Å². The van der Waals surface area contributed by atoms with Gasteiger partial charge in [0.25, 0.3) is 5.91 Å². The fourth-order valence-corrected chi connectivity index (χ4v) is 4.13. The van der Waals surface area contributed by atoms with E-state index in [-0.39, 0.29) is 17.9 Å². The SMILES string of the molecule is Cc1ccc(NC(=O)COC(=O)CCNS(=O)(=O)c2ccc3ccccc3c2)c(C)c1. The Morgan fingerprint density at radius 1 is 0.935 bits per heavy atom. The smallest absolute Gasteiger partial charge is 0.307 e. The quantitative estimate of drug-likeness (QED) is 0.524. The van der Waals surface area contributed by atoms with E-state index in [1.54, 1.807) is 18.2 Å². The van der Waals surface area contributed by atoms with Crippen LogP contribution in [0.4, 0.5) is 5.69 Å². The van der Waals surface area contributed by atoms with E-state index in [0.717, 1.165) is 21.9 Å². The van der Waals surface area contributed by atoms with Gasteiger partial charge in [0, 0.05) is 12.2 Å². The first-order chi connectivity index (χ1) is 14.7. The molecule has 0 spiro atoms. The molecular weight excluding hydrogens is 416 g/mol. The van der Waals surface area contributed by atoms with Crippen molar-refractivity contribution in [2.75, 3.05) is 18.5 Å². The van der Waals surface area contributed by atoms with Gasteiger partial charge in [0.15, 0.2) is 6.61 Å². The summed E-state index contributed by atoms with van der Waals surface area (Å²) < 4.78 is 32.2. The molecule has 7 nitrogen and oxygen atoms in total. The van der Waals surface area contributed by atoms with Gasteiger partial charge in [-0.25, -0.2) is 13.1 Å². The molecule has 8 heteroatoms. The van der Waals surface area contributed by atoms with E-state index in [1.807, 2.05) is 50.2 Å². The Kier molecular flexibility index (Phi) is 7.04. The Balaban J connectivity index is 1.46. The molecule has 0 saturated heterocycles. The summed E-state index contributed by atoms with van der Waals surface area (Å²) in [5.74, 6) is -1.13. The highest BCUT2D eigenvalue weighted by Crippen LogP contribution is 2.19. The van der Waals surface area contributed by atoms with Gasteiger partial charge in [-0.3, -0.25) is 9.59 Å². The van der Waals surface area contributed by atoms with Crippen LogP contribution >= 0.6 is 0 Å². The molecule has 0 aliphatic carbocycles. The molecule has 2 N–H and O–H groups in total. The highest BCUT2D eigenvalue weighted by Gasteiger charge is 2.15. The molecule has 31 heavy (non-hydrogen) atoms. The Bertz CT molecular complexity index is 1220. The van der Waals surface area contributed by atoms with Crippen LogP contribution in [0.2, 0.25) is 0 Å². The van der Waals surface area contributed by atoms with Gasteiger partial charge < -0.3 is 10.1 Å². The summed E-state index contributed by atoms with van der Waals surface area (Å²) in [6.45, 7) is 3.25. The minimum atomic E-state index is -3.76. The maximum Gasteiger partial charge on any atom is 0.307 e. The number of benzene rings is 3. The molecule has 0 saturated carbocycles. The van der Waals surface area contributed by atoms with Gasteiger partial charge in [-0.05, 0) is 48.4 Å². The van der Waals surface area contributed by atoms with Crippen molar-refractivity contribution in [1.82, 2.24) is 4.72 Å². The van der Waals surface area contributed by atoms with E-state index in [0.29, 0.717) is 5.69 Å². The molecule has 0 aliphatic heterocycles. The third-order valence-electron chi connectivity index (χ3n) is 4.67. The topological polar surface area (TPSA) is 102 Å². The van der Waals surface area contributed by atoms with Crippen LogP contribution in [0.1, 0.15) is 17.5 Å². The minimum Gasteiger partial charge on any atom is -0.456 e. The van der Waals surface area contributed by atoms with Crippen molar-refractivity contribution in [1.29, 1.82) is 0 Å². The van der Waals surface area contributed by atoms with Crippen LogP contribution in [0.3, 0.4) is 0 Å². The first-order valence-electron chi connectivity index (χ1n) is 9.76. The average molecular weight is 441 g/mol. The average Bonchev–Trinajstić information content (AvgIpc) is 2.74. The standard InChI is InChI=1S/C23H24N2O5S/c1-16-7-10-21(17(2)13-16)25-22(26)15-30-23(27)11-12-24-31(28,29)20-9-8-18-5-3-4-6-19(18)14-20/h3-10,13-14,24H,11-12,15H2,1-2H3,(H,25,26). The lowest BCUT2D eigenvalue weighted by atomic mass is 10.1. The first kappa shape index (κ1) is 22.5. The number of esters is 1. The molecule has 3 rings (SSSR count). The number of rotatable bonds is 8. The number of nitrogens with one attached hydrogen (secondary N) is 2. The fourth-order valence-electron chi connectivity index (χ4n) is 3.06. The Hall–Kier alpha value is -3.23. The molecule has 0 fully saturated rings. The van der Waals surface area contributed by atoms with E-state index in [1.165, 1.54) is 6.07 Å². The number of sulfonamides is 1. The number of carbonyl (C=O) groups excluding carboxylic acids is 2. The van der Waals surface area contributed by atoms with Crippen molar-refractivity contribution in [2.45, 2.75) is 25.2 Å². The number of amides is 1. The van der Waals surface area contributed by atoms with Crippen molar-refractivity contribution >= 4 is 38.4 Å². The number of hydrogen-bond acceptors (Lipinski definition) is 5. The van der Waals surface area contributed by atoms with Crippen LogP contribution in [0.15, 0.2) is 65.6 Å². The Morgan fingerprint density at radius 3 is 2.42 bits per heavy atom. The van der Waals surface area contributed by atoms with E-state index in [4.69, 9.17) is 4.74 Å². The molecule has 162 valence electrons. The first-order valence-corrected chi connectivity index (χ1v) is 11.2. The van der Waals surface area contributed by atoms with E-state index in [9.17, 15) is 18.0 Å². The number of hydrogen-bond donors (Lipinski definition) is 2. The van der Waals surface area contributed by atoms with Gasteiger partial charge in [-0.1, -0.05) is 48.0 Å². The van der Waals surface area contributed by atoms with Crippen molar-refractivity contribution < 1.29 is 22.7 Å². The molecule has 0 radical (unpaired) electrons. The van der Waals surface area contributed by atoms with Gasteiger partial charge in [0.05, 0.1) is 11.3 Å². The monoisotopic (exact) mass is 440 g/mol. The molecule has 1 amide bonds. The summed E-state index contributed by atoms with van der Waals surface area (Å²) in [4.78, 5) is 24.0. The van der Waals surface area contributed by atoms with E-state index in [2.05, 4.69) is 10.0 Å². The summed E-state index contributed by atoms with van der Waals surface area (Å²) >= 11 is 0. The summed E-state index contributed by atoms with van der Waals surface area (Å²) in [6.07, 6.45) is -0.191. The summed E-state index contributed by atoms with van der Waals surface area (Å²) in [7, 11) is -3.76. The number of anilines is 1. The summed E-state index contributed by atoms with van der Waals surface area (Å²) in [6, 6.07) is 17.8. The van der Waals surface area contributed by atoms with Crippen LogP contribution < -0.4 is 10.0 Å². The molecule has 0 atom stereocenters. The zero-order valence-corrected chi connectivity index (χ0v) is 18.2. The minimum absolute atomic E-state index is 0.118. The lowest BCUT2D eigenvalue weighted by Gasteiger charge is -2.10. The van der Waals surface area contributed by atoms with Crippen molar-refractivity contribution in [3.05, 3.63) is 71.8 Å². The second kappa shape index (κ2) is 9.72. The molecular formula is C23H24N2O5S. The molecule has 0 heterocycles. The second-order valence-electron chi connectivity index (χ2n) is 7.18. The van der Waals surface area contributed by atoms with Crippen molar-refractivity contribution in [2.24, 2.45) is 0 Å². The molecule has 0 unspecified atom stereocenters. The van der Waals surface area contributed by atoms with Crippen LogP contribution in [-0.4, -0.2) is 33.4 Å². The summed E-state index contributed by atoms with van der Waals surface area (Å²) in [5.41, 5.74) is 2.63. The van der Waals surface area contributed by atoms with Crippen LogP contribution in [-0.2, 0) is 24.3 Å². The maximum absolute atomic E-state index is 12.5. The predicted octanol–water partition coefficient (Wildman–Crippen LogP) is 3.31. The largest absolute Gasteiger partial charge is 0.456 e. The van der Waals surface area contributed by atoms with Gasteiger partial charge in [-0.15, -0.1) is 0 Å². The maximum atomic E-state index is 12.5. The number of ether oxygens (including phenoxy) is 1. The molecule has 0 aliphatic rings. The number of fused-ring (bicyclic) bond motifs is 1. The number of aryl methyl sites for hydroxylation is 2. The van der Waals surface area contributed by atoms with Gasteiger partial charge in [0.1, 0.15) is 0 Å². The van der Waals surface area contributed by atoms with Gasteiger partial charge >= 0.3 is 5.97 Å². The molecule has 3 aromatic carbocycles. The lowest BCUT2D eigenvalue weighted by Crippen LogP contribution is -2.28. The fraction of sp³-hybridized carbons (Fsp3) is 0.217. The van der Waals surface area contributed by atoms with Crippen LogP contribution in [0, 0.1) is 13.8 Å². The Labute approximate surface area is 181 Å². The Morgan fingerprint density at radius 2 is 1.68 bits per heavy atom. The zero-order valence-electron chi connectivity index (χ0n) is 17.3. The van der Waals surface area contributed by atoms with Crippen molar-refractivity contribution in [3.8, 4) is 0 Å². The van der Waals surface area contributed by atoms with E-state index < -0.39 is 28.5 Å². The van der Waals surface area contributed by atoms with Crippen LogP contribution in [0.5, 0.6) is 0 Å². The van der Waals surface area contributed by atoms with Crippen molar-refractivity contribution in [3.63, 3.8) is 0 Å². The molecule has 3 aromatic rings. The van der Waals surface area contributed by atoms with Gasteiger partial charge in [-0.2, -0.15) is 0 Å². The molecule has 0 aromatic heterocycles. The van der Waals surface area contributed by atoms with Gasteiger partial charge in [0.2, 0.25) is 10.0 Å². The highest BCUT2D eigenvalue weighted by molar-refractivity contribution is 7.89. The third kappa shape index (κ3) is 6.13.